The lowest BCUT2D eigenvalue weighted by atomic mass is 9.85. The van der Waals surface area contributed by atoms with Gasteiger partial charge < -0.3 is 5.32 Å². The van der Waals surface area contributed by atoms with Crippen LogP contribution >= 0.6 is 0 Å². The summed E-state index contributed by atoms with van der Waals surface area (Å²) < 4.78 is 38.8. The Morgan fingerprint density at radius 1 is 1.16 bits per heavy atom. The van der Waals surface area contributed by atoms with E-state index >= 15 is 0 Å². The lowest BCUT2D eigenvalue weighted by Crippen LogP contribution is -2.18. The second-order valence-corrected chi connectivity index (χ2v) is 5.28. The molecule has 0 aromatic heterocycles. The second-order valence-electron chi connectivity index (χ2n) is 5.28. The van der Waals surface area contributed by atoms with Crippen molar-refractivity contribution in [1.29, 1.82) is 0 Å². The zero-order valence-electron chi connectivity index (χ0n) is 10.3. The van der Waals surface area contributed by atoms with E-state index in [0.717, 1.165) is 31.7 Å². The number of para-hydroxylation sites is 1. The topological polar surface area (TPSA) is 29.1 Å². The van der Waals surface area contributed by atoms with E-state index in [-0.39, 0.29) is 17.5 Å². The fourth-order valence-corrected chi connectivity index (χ4v) is 3.31. The SMILES string of the molecule is O=C1Nc2c(cccc2C(F)(F)F)C1C1CCCC1. The number of carbonyl (C=O) groups excluding carboxylic acids is 1. The van der Waals surface area contributed by atoms with E-state index in [0.29, 0.717) is 5.56 Å². The second kappa shape index (κ2) is 4.25. The van der Waals surface area contributed by atoms with Crippen molar-refractivity contribution in [3.63, 3.8) is 0 Å². The summed E-state index contributed by atoms with van der Waals surface area (Å²) in [4.78, 5) is 12.0. The molecule has 0 spiro atoms. The Morgan fingerprint density at radius 3 is 2.47 bits per heavy atom. The van der Waals surface area contributed by atoms with Crippen LogP contribution in [0.25, 0.3) is 0 Å². The third-order valence-electron chi connectivity index (χ3n) is 4.14. The van der Waals surface area contributed by atoms with Crippen LogP contribution in [-0.4, -0.2) is 5.91 Å². The van der Waals surface area contributed by atoms with Gasteiger partial charge in [0.05, 0.1) is 17.2 Å². The number of alkyl halides is 3. The number of amides is 1. The third kappa shape index (κ3) is 2.01. The smallest absolute Gasteiger partial charge is 0.325 e. The van der Waals surface area contributed by atoms with Gasteiger partial charge in [0.15, 0.2) is 0 Å². The number of halogens is 3. The highest BCUT2D eigenvalue weighted by Crippen LogP contribution is 2.47. The molecule has 1 aromatic rings. The van der Waals surface area contributed by atoms with Gasteiger partial charge in [0.1, 0.15) is 0 Å². The molecule has 1 unspecified atom stereocenters. The maximum Gasteiger partial charge on any atom is 0.418 e. The number of hydrogen-bond donors (Lipinski definition) is 1. The van der Waals surface area contributed by atoms with Crippen LogP contribution in [0.5, 0.6) is 0 Å². The quantitative estimate of drug-likeness (QED) is 0.822. The first-order chi connectivity index (χ1) is 8.98. The number of nitrogens with one attached hydrogen (secondary N) is 1. The molecule has 0 bridgehead atoms. The van der Waals surface area contributed by atoms with E-state index in [1.807, 2.05) is 0 Å². The van der Waals surface area contributed by atoms with Crippen molar-refractivity contribution in [1.82, 2.24) is 0 Å². The average molecular weight is 269 g/mol. The Bertz CT molecular complexity index is 518. The van der Waals surface area contributed by atoms with Gasteiger partial charge >= 0.3 is 6.18 Å². The maximum absolute atomic E-state index is 12.9. The molecule has 1 heterocycles. The van der Waals surface area contributed by atoms with E-state index in [9.17, 15) is 18.0 Å². The van der Waals surface area contributed by atoms with Gasteiger partial charge in [-0.15, -0.1) is 0 Å². The molecule has 2 aliphatic rings. The first-order valence-corrected chi connectivity index (χ1v) is 6.49. The van der Waals surface area contributed by atoms with Crippen molar-refractivity contribution in [2.75, 3.05) is 5.32 Å². The van der Waals surface area contributed by atoms with E-state index in [1.165, 1.54) is 6.07 Å². The molecular formula is C14H14F3NO. The van der Waals surface area contributed by atoms with Gasteiger partial charge in [-0.25, -0.2) is 0 Å². The summed E-state index contributed by atoms with van der Waals surface area (Å²) in [5.41, 5.74) is -0.248. The van der Waals surface area contributed by atoms with E-state index in [2.05, 4.69) is 5.32 Å². The minimum Gasteiger partial charge on any atom is -0.325 e. The number of carbonyl (C=O) groups is 1. The molecule has 102 valence electrons. The molecule has 3 rings (SSSR count). The van der Waals surface area contributed by atoms with Crippen LogP contribution in [0.4, 0.5) is 18.9 Å². The van der Waals surface area contributed by atoms with Crippen molar-refractivity contribution >= 4 is 11.6 Å². The molecule has 0 saturated heterocycles. The normalized spacial score (nSPS) is 23.5. The van der Waals surface area contributed by atoms with Crippen molar-refractivity contribution in [2.45, 2.75) is 37.8 Å². The highest BCUT2D eigenvalue weighted by atomic mass is 19.4. The predicted molar refractivity (Wildman–Crippen MR) is 64.8 cm³/mol. The largest absolute Gasteiger partial charge is 0.418 e. The molecule has 2 nitrogen and oxygen atoms in total. The van der Waals surface area contributed by atoms with Gasteiger partial charge in [-0.05, 0) is 30.4 Å². The van der Waals surface area contributed by atoms with Crippen LogP contribution in [0.3, 0.4) is 0 Å². The molecule has 1 aliphatic carbocycles. The van der Waals surface area contributed by atoms with Gasteiger partial charge in [0.25, 0.3) is 0 Å². The number of anilines is 1. The summed E-state index contributed by atoms with van der Waals surface area (Å²) in [6.07, 6.45) is -0.462. The predicted octanol–water partition coefficient (Wildman–Crippen LogP) is 3.93. The monoisotopic (exact) mass is 269 g/mol. The summed E-state index contributed by atoms with van der Waals surface area (Å²) in [6.45, 7) is 0. The highest BCUT2D eigenvalue weighted by molar-refractivity contribution is 6.04. The average Bonchev–Trinajstić information content (AvgIpc) is 2.92. The Labute approximate surface area is 109 Å². The number of fused-ring (bicyclic) bond motifs is 1. The van der Waals surface area contributed by atoms with Crippen LogP contribution in [-0.2, 0) is 11.0 Å². The Balaban J connectivity index is 2.05. The number of benzene rings is 1. The molecule has 1 aromatic carbocycles. The van der Waals surface area contributed by atoms with E-state index in [4.69, 9.17) is 0 Å². The molecule has 1 amide bonds. The van der Waals surface area contributed by atoms with Gasteiger partial charge in [-0.3, -0.25) is 4.79 Å². The van der Waals surface area contributed by atoms with Crippen LogP contribution in [0, 0.1) is 5.92 Å². The minimum atomic E-state index is -4.43. The van der Waals surface area contributed by atoms with Crippen molar-refractivity contribution in [3.05, 3.63) is 29.3 Å². The number of rotatable bonds is 1. The zero-order chi connectivity index (χ0) is 13.6. The molecule has 1 fully saturated rings. The van der Waals surface area contributed by atoms with Crippen LogP contribution in [0.15, 0.2) is 18.2 Å². The van der Waals surface area contributed by atoms with Crippen LogP contribution < -0.4 is 5.32 Å². The first-order valence-electron chi connectivity index (χ1n) is 6.49. The van der Waals surface area contributed by atoms with Gasteiger partial charge in [-0.2, -0.15) is 13.2 Å². The Hall–Kier alpha value is -1.52. The molecule has 1 N–H and O–H groups in total. The zero-order valence-corrected chi connectivity index (χ0v) is 10.3. The standard InChI is InChI=1S/C14H14F3NO/c15-14(16,17)10-7-3-6-9-11(8-4-1-2-5-8)13(19)18-12(9)10/h3,6-8,11H,1-2,4-5H2,(H,18,19). The van der Waals surface area contributed by atoms with Crippen molar-refractivity contribution in [2.24, 2.45) is 5.92 Å². The van der Waals surface area contributed by atoms with Gasteiger partial charge in [0.2, 0.25) is 5.91 Å². The molecule has 19 heavy (non-hydrogen) atoms. The first kappa shape index (κ1) is 12.5. The fraction of sp³-hybridized carbons (Fsp3) is 0.500. The van der Waals surface area contributed by atoms with Gasteiger partial charge in [-0.1, -0.05) is 25.0 Å². The van der Waals surface area contributed by atoms with Crippen molar-refractivity contribution < 1.29 is 18.0 Å². The Kier molecular flexibility index (Phi) is 2.80. The minimum absolute atomic E-state index is 0.0306. The molecule has 5 heteroatoms. The molecule has 1 saturated carbocycles. The lowest BCUT2D eigenvalue weighted by Gasteiger charge is -2.17. The van der Waals surface area contributed by atoms with Crippen molar-refractivity contribution in [3.8, 4) is 0 Å². The molecule has 1 aliphatic heterocycles. The molecule has 1 atom stereocenters. The van der Waals surface area contributed by atoms with Gasteiger partial charge in [0, 0.05) is 0 Å². The molecular weight excluding hydrogens is 255 g/mol. The summed E-state index contributed by atoms with van der Waals surface area (Å²) in [5.74, 6) is -0.497. The summed E-state index contributed by atoms with van der Waals surface area (Å²) in [7, 11) is 0. The number of hydrogen-bond acceptors (Lipinski definition) is 1. The summed E-state index contributed by atoms with van der Waals surface area (Å²) in [6, 6.07) is 4.06. The summed E-state index contributed by atoms with van der Waals surface area (Å²) in [5, 5.41) is 2.44. The summed E-state index contributed by atoms with van der Waals surface area (Å²) >= 11 is 0. The van der Waals surface area contributed by atoms with E-state index in [1.54, 1.807) is 6.07 Å². The third-order valence-corrected chi connectivity index (χ3v) is 4.14. The molecule has 0 radical (unpaired) electrons. The fourth-order valence-electron chi connectivity index (χ4n) is 3.31. The Morgan fingerprint density at radius 2 is 1.84 bits per heavy atom. The highest BCUT2D eigenvalue weighted by Gasteiger charge is 2.43. The van der Waals surface area contributed by atoms with Crippen LogP contribution in [0.2, 0.25) is 0 Å². The maximum atomic E-state index is 12.9. The lowest BCUT2D eigenvalue weighted by molar-refractivity contribution is -0.136. The van der Waals surface area contributed by atoms with Crippen LogP contribution in [0.1, 0.15) is 42.7 Å². The van der Waals surface area contributed by atoms with E-state index < -0.39 is 17.7 Å².